The Balaban J connectivity index is 1.06. The van der Waals surface area contributed by atoms with E-state index in [0.29, 0.717) is 5.82 Å². The molecule has 5 nitrogen and oxygen atoms in total. The first-order valence-electron chi connectivity index (χ1n) is 19.0. The highest BCUT2D eigenvalue weighted by Gasteiger charge is 2.31. The van der Waals surface area contributed by atoms with Gasteiger partial charge < -0.3 is 9.80 Å². The summed E-state index contributed by atoms with van der Waals surface area (Å²) in [6.45, 7) is 9.84. The minimum atomic E-state index is -1.87. The molecule has 7 aromatic carbocycles. The molecule has 0 unspecified atom stereocenters. The molecule has 0 atom stereocenters. The van der Waals surface area contributed by atoms with Gasteiger partial charge in [-0.25, -0.2) is 9.67 Å². The molecule has 3 heterocycles. The third-order valence-corrected chi connectivity index (χ3v) is 18.7. The van der Waals surface area contributed by atoms with Crippen molar-refractivity contribution in [2.45, 2.75) is 26.2 Å². The lowest BCUT2D eigenvalue weighted by atomic mass is 10.1. The van der Waals surface area contributed by atoms with Crippen molar-refractivity contribution in [3.05, 3.63) is 176 Å². The third-order valence-electron chi connectivity index (χ3n) is 11.6. The Labute approximate surface area is 324 Å². The number of nitrogens with zero attached hydrogens (tertiary/aromatic N) is 5. The summed E-state index contributed by atoms with van der Waals surface area (Å²) >= 11 is 0. The van der Waals surface area contributed by atoms with Crippen molar-refractivity contribution in [1.82, 2.24) is 14.8 Å². The van der Waals surface area contributed by atoms with Crippen molar-refractivity contribution in [2.24, 2.45) is 0 Å². The Morgan fingerprint density at radius 2 is 0.727 bits per heavy atom. The molecule has 0 spiro atoms. The van der Waals surface area contributed by atoms with Crippen LogP contribution in [-0.4, -0.2) is 30.9 Å². The number of hydrogen-bond donors (Lipinski definition) is 0. The fourth-order valence-electron chi connectivity index (χ4n) is 8.79. The summed E-state index contributed by atoms with van der Waals surface area (Å²) in [4.78, 5) is 10.0. The number of rotatable bonds is 5. The van der Waals surface area contributed by atoms with E-state index in [2.05, 4.69) is 194 Å². The molecule has 10 rings (SSSR count). The average molecular weight is 744 g/mol. The molecule has 0 aliphatic carbocycles. The van der Waals surface area contributed by atoms with Crippen LogP contribution in [0.2, 0.25) is 26.2 Å². The van der Waals surface area contributed by atoms with Crippen LogP contribution >= 0.6 is 0 Å². The van der Waals surface area contributed by atoms with Crippen LogP contribution in [0.5, 0.6) is 0 Å². The molecular formula is C48H41N5Si2-2. The summed E-state index contributed by atoms with van der Waals surface area (Å²) < 4.78 is 1.99. The van der Waals surface area contributed by atoms with Gasteiger partial charge in [-0.3, -0.25) is 0 Å². The summed E-state index contributed by atoms with van der Waals surface area (Å²) in [5.41, 5.74) is 10.3. The maximum atomic E-state index is 5.19. The number of anilines is 6. The zero-order valence-electron chi connectivity index (χ0n) is 31.5. The molecule has 268 valence electrons. The highest BCUT2D eigenvalue weighted by atomic mass is 28.3. The lowest BCUT2D eigenvalue weighted by molar-refractivity contribution is 0.890. The monoisotopic (exact) mass is 743 g/mol. The number of fused-ring (bicyclic) bond motifs is 4. The maximum Gasteiger partial charge on any atom is 0.182 e. The SMILES string of the molecule is C[Si-]1(C)c2ccccc2N(c2ccc(-c3nc(-c4ccccc4)nn3-c3ccc(N4c5ccccc5[Si-](C)(C)c5ccccc54)cc3)cc2)c2ccccc21. The van der Waals surface area contributed by atoms with Gasteiger partial charge in [0, 0.05) is 45.3 Å². The van der Waals surface area contributed by atoms with Crippen LogP contribution in [-0.2, 0) is 0 Å². The van der Waals surface area contributed by atoms with E-state index in [0.717, 1.165) is 34.0 Å². The molecule has 0 saturated carbocycles. The molecule has 0 radical (unpaired) electrons. The summed E-state index contributed by atoms with van der Waals surface area (Å²) in [5, 5.41) is 11.0. The first-order chi connectivity index (χ1) is 26.8. The topological polar surface area (TPSA) is 37.2 Å². The van der Waals surface area contributed by atoms with Crippen molar-refractivity contribution in [2.75, 3.05) is 9.80 Å². The molecule has 55 heavy (non-hydrogen) atoms. The molecule has 2 aliphatic rings. The first kappa shape index (κ1) is 33.3. The van der Waals surface area contributed by atoms with Crippen LogP contribution < -0.4 is 30.5 Å². The van der Waals surface area contributed by atoms with E-state index in [-0.39, 0.29) is 0 Å². The average Bonchev–Trinajstić information content (AvgIpc) is 3.68. The molecule has 8 aromatic rings. The molecule has 1 aromatic heterocycles. The Kier molecular flexibility index (Phi) is 7.66. The summed E-state index contributed by atoms with van der Waals surface area (Å²) in [6.07, 6.45) is 0. The van der Waals surface area contributed by atoms with Crippen molar-refractivity contribution in [1.29, 1.82) is 0 Å². The highest BCUT2D eigenvalue weighted by molar-refractivity contribution is 7.03. The van der Waals surface area contributed by atoms with Crippen molar-refractivity contribution >= 4 is 71.0 Å². The maximum absolute atomic E-state index is 5.19. The molecule has 0 N–H and O–H groups in total. The second kappa shape index (κ2) is 12.7. The van der Waals surface area contributed by atoms with E-state index >= 15 is 0 Å². The van der Waals surface area contributed by atoms with Gasteiger partial charge in [0.2, 0.25) is 0 Å². The van der Waals surface area contributed by atoms with Gasteiger partial charge in [-0.05, 0) is 72.8 Å². The largest absolute Gasteiger partial charge is 0.316 e. The van der Waals surface area contributed by atoms with Gasteiger partial charge in [-0.1, -0.05) is 119 Å². The van der Waals surface area contributed by atoms with E-state index in [9.17, 15) is 0 Å². The Morgan fingerprint density at radius 3 is 1.16 bits per heavy atom. The number of para-hydroxylation sites is 4. The molecule has 7 heteroatoms. The fraction of sp³-hybridized carbons (Fsp3) is 0.0833. The Morgan fingerprint density at radius 1 is 0.364 bits per heavy atom. The fourth-order valence-corrected chi connectivity index (χ4v) is 14.8. The lowest BCUT2D eigenvalue weighted by Crippen LogP contribution is -2.58. The van der Waals surface area contributed by atoms with Gasteiger partial charge in [-0.2, -0.15) is 46.9 Å². The van der Waals surface area contributed by atoms with E-state index in [1.165, 1.54) is 43.5 Å². The van der Waals surface area contributed by atoms with Gasteiger partial charge in [0.15, 0.2) is 11.6 Å². The smallest absolute Gasteiger partial charge is 0.182 e. The first-order valence-corrected chi connectivity index (χ1v) is 25.0. The third kappa shape index (κ3) is 5.26. The van der Waals surface area contributed by atoms with Crippen molar-refractivity contribution in [3.63, 3.8) is 0 Å². The van der Waals surface area contributed by atoms with Crippen LogP contribution in [0.25, 0.3) is 28.5 Å². The van der Waals surface area contributed by atoms with Crippen molar-refractivity contribution < 1.29 is 0 Å². The van der Waals surface area contributed by atoms with E-state index in [4.69, 9.17) is 10.1 Å². The Hall–Kier alpha value is -6.29. The van der Waals surface area contributed by atoms with Crippen LogP contribution in [0.15, 0.2) is 176 Å². The number of hydrogen-bond acceptors (Lipinski definition) is 4. The van der Waals surface area contributed by atoms with Gasteiger partial charge >= 0.3 is 0 Å². The lowest BCUT2D eigenvalue weighted by Gasteiger charge is -2.49. The predicted octanol–water partition coefficient (Wildman–Crippen LogP) is 9.81. The molecule has 2 aliphatic heterocycles. The minimum absolute atomic E-state index is 0.695. The van der Waals surface area contributed by atoms with Crippen molar-refractivity contribution in [3.8, 4) is 28.5 Å². The number of aromatic nitrogens is 3. The van der Waals surface area contributed by atoms with E-state index in [1.54, 1.807) is 0 Å². The standard InChI is InChI=1S/C48H41N5Si2/c1-54(2)43-22-12-8-18-39(43)51(40-19-9-13-23-44(40)54)36-28-26-35(27-29-36)48-49-47(34-16-6-5-7-17-34)50-53(48)38-32-30-37(31-33-38)52-41-20-10-14-24-45(41)55(3,4)46-25-15-11-21-42(46)52/h5-33H,1-4H3/q-2. The van der Waals surface area contributed by atoms with Crippen LogP contribution in [0.4, 0.5) is 34.1 Å². The Bertz CT molecular complexity index is 2450. The summed E-state index contributed by atoms with van der Waals surface area (Å²) in [6, 6.07) is 63.6. The van der Waals surface area contributed by atoms with E-state index in [1.807, 2.05) is 22.9 Å². The van der Waals surface area contributed by atoms with Gasteiger partial charge in [0.05, 0.1) is 5.69 Å². The zero-order chi connectivity index (χ0) is 37.3. The highest BCUT2D eigenvalue weighted by Crippen LogP contribution is 2.40. The normalized spacial score (nSPS) is 14.8. The summed E-state index contributed by atoms with van der Waals surface area (Å²) in [5.74, 6) is 1.49. The molecule has 0 amide bonds. The number of benzene rings is 7. The van der Waals surface area contributed by atoms with Crippen LogP contribution in [0, 0.1) is 0 Å². The molecule has 0 saturated heterocycles. The molecule has 0 bridgehead atoms. The summed E-state index contributed by atoms with van der Waals surface area (Å²) in [7, 11) is -3.73. The van der Waals surface area contributed by atoms with Gasteiger partial charge in [0.1, 0.15) is 0 Å². The second-order valence-electron chi connectivity index (χ2n) is 15.6. The second-order valence-corrected chi connectivity index (χ2v) is 24.2. The minimum Gasteiger partial charge on any atom is -0.316 e. The van der Waals surface area contributed by atoms with Crippen LogP contribution in [0.1, 0.15) is 0 Å². The van der Waals surface area contributed by atoms with E-state index < -0.39 is 16.1 Å². The van der Waals surface area contributed by atoms with Gasteiger partial charge in [-0.15, -0.1) is 5.10 Å². The molecule has 0 fully saturated rings. The predicted molar refractivity (Wildman–Crippen MR) is 235 cm³/mol. The van der Waals surface area contributed by atoms with Gasteiger partial charge in [0.25, 0.3) is 0 Å². The van der Waals surface area contributed by atoms with Crippen LogP contribution in [0.3, 0.4) is 0 Å². The zero-order valence-corrected chi connectivity index (χ0v) is 33.5. The molecular weight excluding hydrogens is 703 g/mol. The quantitative estimate of drug-likeness (QED) is 0.165.